The lowest BCUT2D eigenvalue weighted by molar-refractivity contribution is -0.135. The molecule has 1 aliphatic carbocycles. The van der Waals surface area contributed by atoms with E-state index in [0.717, 1.165) is 25.2 Å². The molecular weight excluding hydrogens is 481 g/mol. The molecule has 3 aromatic rings. The number of likely N-dealkylation sites (tertiary alicyclic amines) is 1. The van der Waals surface area contributed by atoms with Gasteiger partial charge in [0.05, 0.1) is 25.9 Å². The lowest BCUT2D eigenvalue weighted by Gasteiger charge is -2.45. The van der Waals surface area contributed by atoms with Crippen LogP contribution >= 0.6 is 0 Å². The largest absolute Gasteiger partial charge is 0.389 e. The number of amides is 1. The summed E-state index contributed by atoms with van der Waals surface area (Å²) in [5, 5.41) is 13.2. The summed E-state index contributed by atoms with van der Waals surface area (Å²) < 4.78 is 19.1. The van der Waals surface area contributed by atoms with Crippen molar-refractivity contribution in [3.05, 3.63) is 77.6 Å². The van der Waals surface area contributed by atoms with Gasteiger partial charge >= 0.3 is 0 Å². The number of hydrogen-bond acceptors (Lipinski definition) is 5. The maximum Gasteiger partial charge on any atom is 0.250 e. The summed E-state index contributed by atoms with van der Waals surface area (Å²) in [4.78, 5) is 20.3. The van der Waals surface area contributed by atoms with Crippen molar-refractivity contribution < 1.29 is 19.0 Å². The lowest BCUT2D eigenvalue weighted by atomic mass is 9.84. The fourth-order valence-corrected chi connectivity index (χ4v) is 6.66. The summed E-state index contributed by atoms with van der Waals surface area (Å²) in [7, 11) is 0. The summed E-state index contributed by atoms with van der Waals surface area (Å²) in [5.41, 5.74) is 2.93. The molecule has 0 bridgehead atoms. The maximum atomic E-state index is 13.9. The Labute approximate surface area is 224 Å². The first kappa shape index (κ1) is 26.6. The van der Waals surface area contributed by atoms with Gasteiger partial charge in [-0.1, -0.05) is 43.8 Å². The van der Waals surface area contributed by atoms with Crippen LogP contribution in [0.4, 0.5) is 10.1 Å². The fourth-order valence-electron chi connectivity index (χ4n) is 6.66. The van der Waals surface area contributed by atoms with E-state index >= 15 is 0 Å². The molecule has 1 spiro atoms. The molecule has 1 amide bonds. The monoisotopic (exact) mass is 519 g/mol. The van der Waals surface area contributed by atoms with E-state index in [9.17, 15) is 14.3 Å². The molecule has 6 nitrogen and oxygen atoms in total. The topological polar surface area (TPSA) is 56.3 Å². The van der Waals surface area contributed by atoms with Crippen LogP contribution in [0.1, 0.15) is 44.4 Å². The number of halogens is 1. The zero-order valence-electron chi connectivity index (χ0n) is 21.3. The highest BCUT2D eigenvalue weighted by molar-refractivity contribution is 5.94. The number of aliphatic hydroxyl groups excluding tert-OH is 1. The zero-order valence-corrected chi connectivity index (χ0v) is 21.3. The van der Waals surface area contributed by atoms with E-state index in [-0.39, 0.29) is 32.3 Å². The molecule has 2 heterocycles. The van der Waals surface area contributed by atoms with Gasteiger partial charge in [-0.15, -0.1) is 0 Å². The molecule has 2 saturated heterocycles. The van der Waals surface area contributed by atoms with E-state index in [1.165, 1.54) is 34.0 Å². The van der Waals surface area contributed by atoms with Gasteiger partial charge in [0.1, 0.15) is 11.4 Å². The highest BCUT2D eigenvalue weighted by atomic mass is 19.1. The zero-order chi connectivity index (χ0) is 25.6. The van der Waals surface area contributed by atoms with Crippen molar-refractivity contribution in [2.45, 2.75) is 51.3 Å². The third-order valence-electron chi connectivity index (χ3n) is 8.46. The molecule has 202 valence electrons. The van der Waals surface area contributed by atoms with Crippen LogP contribution in [-0.4, -0.2) is 72.0 Å². The molecule has 3 aromatic carbocycles. The minimum atomic E-state index is -0.744. The Hall–Kier alpha value is -3.00. The quantitative estimate of drug-likeness (QED) is 0.488. The maximum absolute atomic E-state index is 13.9. The Morgan fingerprint density at radius 2 is 1.79 bits per heavy atom. The van der Waals surface area contributed by atoms with Crippen molar-refractivity contribution in [1.29, 1.82) is 0 Å². The fraction of sp³-hybridized carbons (Fsp3) is 0.452. The summed E-state index contributed by atoms with van der Waals surface area (Å²) in [6, 6.07) is 19.9. The number of rotatable bonds is 7. The van der Waals surface area contributed by atoms with Crippen LogP contribution in [0.2, 0.25) is 0 Å². The molecule has 2 atom stereocenters. The average Bonchev–Trinajstić information content (AvgIpc) is 3.42. The standard InChI is InChI=1S/C30H34FN3O3.CH4/c1-2-37-19-25(35)18-33-20-34(24-11-9-23(31)10-12-24)30(29(33)36)13-15-32(16-14-30)27-17-22-7-3-5-21-6-4-8-26(27)28(21)22;/h3-12,25,27,35H,2,13-20H2,1H3;1H4/t25-,27-;/m1./s1. The third kappa shape index (κ3) is 4.46. The normalized spacial score (nSPS) is 21.3. The Morgan fingerprint density at radius 3 is 2.50 bits per heavy atom. The number of carbonyl (C=O) groups is 1. The van der Waals surface area contributed by atoms with E-state index in [1.807, 2.05) is 6.92 Å². The van der Waals surface area contributed by atoms with Gasteiger partial charge in [-0.2, -0.15) is 0 Å². The molecule has 6 rings (SSSR count). The van der Waals surface area contributed by atoms with Crippen LogP contribution in [-0.2, 0) is 16.0 Å². The van der Waals surface area contributed by atoms with Gasteiger partial charge < -0.3 is 19.6 Å². The van der Waals surface area contributed by atoms with Crippen molar-refractivity contribution in [2.24, 2.45) is 0 Å². The van der Waals surface area contributed by atoms with Crippen LogP contribution in [0, 0.1) is 5.82 Å². The molecule has 7 heteroatoms. The van der Waals surface area contributed by atoms with Crippen LogP contribution < -0.4 is 4.90 Å². The summed E-state index contributed by atoms with van der Waals surface area (Å²) in [5.74, 6) is -0.249. The minimum Gasteiger partial charge on any atom is -0.389 e. The van der Waals surface area contributed by atoms with Gasteiger partial charge in [0.15, 0.2) is 0 Å². The number of β-amino-alcohol motifs (C(OH)–C–C–N with tert-alkyl or cyclic N) is 1. The van der Waals surface area contributed by atoms with Gasteiger partial charge in [-0.25, -0.2) is 4.39 Å². The van der Waals surface area contributed by atoms with Crippen molar-refractivity contribution in [1.82, 2.24) is 9.80 Å². The van der Waals surface area contributed by atoms with E-state index < -0.39 is 11.6 Å². The van der Waals surface area contributed by atoms with Crippen molar-refractivity contribution >= 4 is 22.4 Å². The molecule has 2 aliphatic heterocycles. The number of piperidine rings is 1. The van der Waals surface area contributed by atoms with Crippen LogP contribution in [0.15, 0.2) is 60.7 Å². The first-order valence-corrected chi connectivity index (χ1v) is 13.3. The molecule has 2 fully saturated rings. The molecule has 3 aliphatic rings. The Balaban J connectivity index is 0.00000294. The highest BCUT2D eigenvalue weighted by Crippen LogP contribution is 2.45. The van der Waals surface area contributed by atoms with E-state index in [4.69, 9.17) is 4.74 Å². The number of ether oxygens (including phenoxy) is 1. The number of carbonyl (C=O) groups excluding carboxylic acids is 1. The molecule has 1 N–H and O–H groups in total. The predicted molar refractivity (Wildman–Crippen MR) is 149 cm³/mol. The number of benzene rings is 3. The number of aliphatic hydroxyl groups is 1. The SMILES string of the molecule is C.CCOC[C@H](O)CN1CN(c2ccc(F)cc2)C2(CCN([C@@H]3Cc4cccc5cccc3c45)CC2)C1=O. The van der Waals surface area contributed by atoms with Crippen molar-refractivity contribution in [3.63, 3.8) is 0 Å². The predicted octanol–water partition coefficient (Wildman–Crippen LogP) is 4.75. The van der Waals surface area contributed by atoms with Crippen LogP contribution in [0.3, 0.4) is 0 Å². The number of hydrogen-bond donors (Lipinski definition) is 1. The number of anilines is 1. The van der Waals surface area contributed by atoms with E-state index in [0.29, 0.717) is 32.2 Å². The second-order valence-corrected chi connectivity index (χ2v) is 10.5. The van der Waals surface area contributed by atoms with E-state index in [1.54, 1.807) is 17.0 Å². The summed E-state index contributed by atoms with van der Waals surface area (Å²) >= 11 is 0. The van der Waals surface area contributed by atoms with Gasteiger partial charge in [0.2, 0.25) is 5.91 Å². The Morgan fingerprint density at radius 1 is 1.08 bits per heavy atom. The molecule has 0 radical (unpaired) electrons. The van der Waals surface area contributed by atoms with Crippen molar-refractivity contribution in [3.8, 4) is 0 Å². The third-order valence-corrected chi connectivity index (χ3v) is 8.46. The minimum absolute atomic E-state index is 0. The van der Waals surface area contributed by atoms with Crippen LogP contribution in [0.5, 0.6) is 0 Å². The van der Waals surface area contributed by atoms with E-state index in [2.05, 4.69) is 46.2 Å². The molecule has 0 aromatic heterocycles. The molecule has 38 heavy (non-hydrogen) atoms. The molecule has 0 saturated carbocycles. The average molecular weight is 520 g/mol. The Bertz CT molecular complexity index is 1280. The lowest BCUT2D eigenvalue weighted by Crippen LogP contribution is -2.57. The van der Waals surface area contributed by atoms with Crippen molar-refractivity contribution in [2.75, 3.05) is 44.4 Å². The second-order valence-electron chi connectivity index (χ2n) is 10.5. The second kappa shape index (κ2) is 10.6. The van der Waals surface area contributed by atoms with Gasteiger partial charge in [-0.05, 0) is 72.4 Å². The Kier molecular flexibility index (Phi) is 7.45. The number of nitrogens with zero attached hydrogens (tertiary/aromatic N) is 3. The van der Waals surface area contributed by atoms with Crippen LogP contribution in [0.25, 0.3) is 10.8 Å². The summed E-state index contributed by atoms with van der Waals surface area (Å²) in [6.07, 6.45) is 1.62. The highest BCUT2D eigenvalue weighted by Gasteiger charge is 2.54. The van der Waals surface area contributed by atoms with Gasteiger partial charge in [-0.3, -0.25) is 9.69 Å². The first-order valence-electron chi connectivity index (χ1n) is 13.3. The first-order chi connectivity index (χ1) is 18.0. The smallest absolute Gasteiger partial charge is 0.250 e. The molecule has 0 unspecified atom stereocenters. The summed E-state index contributed by atoms with van der Waals surface area (Å²) in [6.45, 7) is 4.80. The van der Waals surface area contributed by atoms with Gasteiger partial charge in [0.25, 0.3) is 0 Å². The molecular formula is C31H38FN3O3. The van der Waals surface area contributed by atoms with Gasteiger partial charge in [0, 0.05) is 31.4 Å².